The molecule has 0 fully saturated rings. The van der Waals surface area contributed by atoms with Gasteiger partial charge in [0.2, 0.25) is 5.89 Å². The summed E-state index contributed by atoms with van der Waals surface area (Å²) in [5, 5.41) is 3.29. The second-order valence-corrected chi connectivity index (χ2v) is 8.31. The Bertz CT molecular complexity index is 1200. The van der Waals surface area contributed by atoms with Gasteiger partial charge in [-0.3, -0.25) is 4.79 Å². The van der Waals surface area contributed by atoms with Gasteiger partial charge in [-0.05, 0) is 85.0 Å². The lowest BCUT2D eigenvalue weighted by molar-refractivity contribution is 0.102. The molecule has 0 bridgehead atoms. The van der Waals surface area contributed by atoms with Crippen molar-refractivity contribution in [1.82, 2.24) is 4.98 Å². The summed E-state index contributed by atoms with van der Waals surface area (Å²) in [5.74, 6) is 0.298. The van der Waals surface area contributed by atoms with Gasteiger partial charge in [0.1, 0.15) is 5.52 Å². The molecule has 1 aromatic heterocycles. The van der Waals surface area contributed by atoms with Gasteiger partial charge in [-0.1, -0.05) is 28.8 Å². The minimum Gasteiger partial charge on any atom is -0.436 e. The number of nitrogens with one attached hydrogen (secondary N) is 1. The molecule has 4 rings (SSSR count). The van der Waals surface area contributed by atoms with Crippen LogP contribution in [0, 0.1) is 17.4 Å². The zero-order chi connectivity index (χ0) is 19.8. The van der Waals surface area contributed by atoms with Gasteiger partial charge in [0.25, 0.3) is 5.91 Å². The van der Waals surface area contributed by atoms with E-state index >= 15 is 0 Å². The first-order valence-corrected chi connectivity index (χ1v) is 10.1. The summed E-state index contributed by atoms with van der Waals surface area (Å²) >= 11 is 8.31. The topological polar surface area (TPSA) is 55.1 Å². The summed E-state index contributed by atoms with van der Waals surface area (Å²) in [6.45, 7) is 4.09. The SMILES string of the molecule is Cc1cc(C)cc(-c2nc3cc(NC(=O)c4cc(I)ccc4Cl)ccc3o2)c1. The number of carbonyl (C=O) groups is 1. The van der Waals surface area contributed by atoms with Gasteiger partial charge < -0.3 is 9.73 Å². The molecule has 0 saturated heterocycles. The van der Waals surface area contributed by atoms with Crippen molar-refractivity contribution in [3.63, 3.8) is 0 Å². The Kier molecular flexibility index (Phi) is 5.12. The second-order valence-electron chi connectivity index (χ2n) is 6.66. The number of fused-ring (bicyclic) bond motifs is 1. The van der Waals surface area contributed by atoms with Crippen LogP contribution in [0.1, 0.15) is 21.5 Å². The number of aromatic nitrogens is 1. The summed E-state index contributed by atoms with van der Waals surface area (Å²) in [7, 11) is 0. The fourth-order valence-electron chi connectivity index (χ4n) is 3.10. The zero-order valence-electron chi connectivity index (χ0n) is 15.2. The molecule has 4 nitrogen and oxygen atoms in total. The predicted molar refractivity (Wildman–Crippen MR) is 121 cm³/mol. The fourth-order valence-corrected chi connectivity index (χ4v) is 3.79. The number of aryl methyl sites for hydroxylation is 2. The Labute approximate surface area is 181 Å². The Morgan fingerprint density at radius 2 is 1.79 bits per heavy atom. The van der Waals surface area contributed by atoms with Gasteiger partial charge in [-0.2, -0.15) is 0 Å². The van der Waals surface area contributed by atoms with Crippen LogP contribution in [0.5, 0.6) is 0 Å². The number of rotatable bonds is 3. The Balaban J connectivity index is 1.65. The van der Waals surface area contributed by atoms with Gasteiger partial charge >= 0.3 is 0 Å². The quantitative estimate of drug-likeness (QED) is 0.320. The van der Waals surface area contributed by atoms with E-state index < -0.39 is 0 Å². The molecule has 0 atom stereocenters. The van der Waals surface area contributed by atoms with E-state index in [0.29, 0.717) is 33.3 Å². The summed E-state index contributed by atoms with van der Waals surface area (Å²) < 4.78 is 6.84. The zero-order valence-corrected chi connectivity index (χ0v) is 18.1. The lowest BCUT2D eigenvalue weighted by Crippen LogP contribution is -2.12. The fraction of sp³-hybridized carbons (Fsp3) is 0.0909. The molecular formula is C22H16ClIN2O2. The van der Waals surface area contributed by atoms with Crippen LogP contribution in [-0.2, 0) is 0 Å². The lowest BCUT2D eigenvalue weighted by atomic mass is 10.1. The van der Waals surface area contributed by atoms with Crippen LogP contribution in [0.15, 0.2) is 59.0 Å². The molecule has 1 heterocycles. The minimum atomic E-state index is -0.263. The molecule has 0 radical (unpaired) electrons. The van der Waals surface area contributed by atoms with Crippen LogP contribution in [0.2, 0.25) is 5.02 Å². The Hall–Kier alpha value is -2.38. The molecule has 140 valence electrons. The molecule has 0 spiro atoms. The molecule has 0 unspecified atom stereocenters. The summed E-state index contributed by atoms with van der Waals surface area (Å²) in [4.78, 5) is 17.2. The third-order valence-corrected chi connectivity index (χ3v) is 5.29. The first kappa shape index (κ1) is 19.0. The second kappa shape index (κ2) is 7.56. The first-order chi connectivity index (χ1) is 13.4. The average Bonchev–Trinajstić information content (AvgIpc) is 3.06. The van der Waals surface area contributed by atoms with Crippen molar-refractivity contribution in [2.75, 3.05) is 5.32 Å². The molecule has 4 aromatic rings. The van der Waals surface area contributed by atoms with Crippen molar-refractivity contribution < 1.29 is 9.21 Å². The van der Waals surface area contributed by atoms with Crippen LogP contribution in [-0.4, -0.2) is 10.9 Å². The number of halogens is 2. The van der Waals surface area contributed by atoms with E-state index in [1.807, 2.05) is 32.0 Å². The van der Waals surface area contributed by atoms with E-state index in [2.05, 4.69) is 39.0 Å². The van der Waals surface area contributed by atoms with E-state index in [4.69, 9.17) is 16.0 Å². The van der Waals surface area contributed by atoms with Crippen molar-refractivity contribution in [1.29, 1.82) is 0 Å². The number of benzene rings is 3. The summed E-state index contributed by atoms with van der Waals surface area (Å²) in [5.41, 5.74) is 5.65. The van der Waals surface area contributed by atoms with Crippen LogP contribution in [0.4, 0.5) is 5.69 Å². The molecule has 0 aliphatic heterocycles. The number of nitrogens with zero attached hydrogens (tertiary/aromatic N) is 1. The highest BCUT2D eigenvalue weighted by Gasteiger charge is 2.13. The van der Waals surface area contributed by atoms with E-state index in [0.717, 1.165) is 20.3 Å². The maximum Gasteiger partial charge on any atom is 0.257 e. The third-order valence-electron chi connectivity index (χ3n) is 4.29. The molecule has 3 aromatic carbocycles. The van der Waals surface area contributed by atoms with Gasteiger partial charge in [-0.15, -0.1) is 0 Å². The Morgan fingerprint density at radius 1 is 1.04 bits per heavy atom. The van der Waals surface area contributed by atoms with E-state index in [-0.39, 0.29) is 5.91 Å². The van der Waals surface area contributed by atoms with Crippen molar-refractivity contribution in [3.05, 3.63) is 79.9 Å². The van der Waals surface area contributed by atoms with E-state index in [1.165, 1.54) is 0 Å². The molecular weight excluding hydrogens is 487 g/mol. The van der Waals surface area contributed by atoms with Crippen molar-refractivity contribution in [2.45, 2.75) is 13.8 Å². The number of amides is 1. The van der Waals surface area contributed by atoms with Gasteiger partial charge in [-0.25, -0.2) is 4.98 Å². The highest BCUT2D eigenvalue weighted by atomic mass is 127. The normalized spacial score (nSPS) is 11.0. The maximum absolute atomic E-state index is 12.6. The monoisotopic (exact) mass is 502 g/mol. The van der Waals surface area contributed by atoms with Crippen LogP contribution < -0.4 is 5.32 Å². The molecule has 6 heteroatoms. The third kappa shape index (κ3) is 3.91. The van der Waals surface area contributed by atoms with Crippen molar-refractivity contribution in [3.8, 4) is 11.5 Å². The molecule has 28 heavy (non-hydrogen) atoms. The van der Waals surface area contributed by atoms with Crippen LogP contribution in [0.25, 0.3) is 22.6 Å². The highest BCUT2D eigenvalue weighted by molar-refractivity contribution is 14.1. The van der Waals surface area contributed by atoms with E-state index in [1.54, 1.807) is 30.3 Å². The van der Waals surface area contributed by atoms with Crippen LogP contribution >= 0.6 is 34.2 Å². The number of hydrogen-bond acceptors (Lipinski definition) is 3. The molecule has 1 amide bonds. The average molecular weight is 503 g/mol. The van der Waals surface area contributed by atoms with Gasteiger partial charge in [0, 0.05) is 14.8 Å². The Morgan fingerprint density at radius 3 is 2.54 bits per heavy atom. The molecule has 0 saturated carbocycles. The number of oxazole rings is 1. The molecule has 1 N–H and O–H groups in total. The van der Waals surface area contributed by atoms with Crippen molar-refractivity contribution >= 4 is 56.9 Å². The minimum absolute atomic E-state index is 0.263. The number of carbonyl (C=O) groups excluding carboxylic acids is 1. The highest BCUT2D eigenvalue weighted by Crippen LogP contribution is 2.28. The van der Waals surface area contributed by atoms with Crippen LogP contribution in [0.3, 0.4) is 0 Å². The smallest absolute Gasteiger partial charge is 0.257 e. The predicted octanol–water partition coefficient (Wildman–Crippen LogP) is 6.62. The largest absolute Gasteiger partial charge is 0.436 e. The van der Waals surface area contributed by atoms with Gasteiger partial charge in [0.15, 0.2) is 5.58 Å². The van der Waals surface area contributed by atoms with Crippen molar-refractivity contribution in [2.24, 2.45) is 0 Å². The summed E-state index contributed by atoms with van der Waals surface area (Å²) in [6, 6.07) is 16.9. The molecule has 0 aliphatic rings. The van der Waals surface area contributed by atoms with E-state index in [9.17, 15) is 4.79 Å². The maximum atomic E-state index is 12.6. The standard InChI is InChI=1S/C22H16ClIN2O2/c1-12-7-13(2)9-14(8-12)22-26-19-11-16(4-6-20(19)28-22)25-21(27)17-10-15(24)3-5-18(17)23/h3-11H,1-2H3,(H,25,27). The lowest BCUT2D eigenvalue weighted by Gasteiger charge is -2.07. The molecule has 0 aliphatic carbocycles. The summed E-state index contributed by atoms with van der Waals surface area (Å²) in [6.07, 6.45) is 0. The first-order valence-electron chi connectivity index (χ1n) is 8.65. The number of anilines is 1. The van der Waals surface area contributed by atoms with Gasteiger partial charge in [0.05, 0.1) is 10.6 Å². The number of hydrogen-bond donors (Lipinski definition) is 1.